The zero-order chi connectivity index (χ0) is 25.4. The molecule has 0 saturated carbocycles. The van der Waals surface area contributed by atoms with Gasteiger partial charge in [0.15, 0.2) is 11.5 Å². The summed E-state index contributed by atoms with van der Waals surface area (Å²) in [5.74, 6) is -5.39. The highest BCUT2D eigenvalue weighted by atomic mass is 19.4. The fourth-order valence-corrected chi connectivity index (χ4v) is 3.30. The van der Waals surface area contributed by atoms with E-state index in [-0.39, 0.29) is 11.7 Å². The van der Waals surface area contributed by atoms with Gasteiger partial charge in [-0.2, -0.15) is 26.3 Å². The summed E-state index contributed by atoms with van der Waals surface area (Å²) in [4.78, 5) is 24.6. The van der Waals surface area contributed by atoms with Crippen LogP contribution in [0.3, 0.4) is 0 Å². The van der Waals surface area contributed by atoms with E-state index in [9.17, 15) is 41.0 Å². The van der Waals surface area contributed by atoms with E-state index >= 15 is 0 Å². The zero-order valence-electron chi connectivity index (χ0n) is 17.6. The number of halogens is 6. The van der Waals surface area contributed by atoms with Gasteiger partial charge in [-0.15, -0.1) is 0 Å². The van der Waals surface area contributed by atoms with Gasteiger partial charge in [0.1, 0.15) is 22.8 Å². The van der Waals surface area contributed by atoms with E-state index in [4.69, 9.17) is 4.74 Å². The number of aromatic amines is 1. The number of hydrogen-bond acceptors (Lipinski definition) is 5. The van der Waals surface area contributed by atoms with Crippen molar-refractivity contribution in [3.63, 3.8) is 0 Å². The summed E-state index contributed by atoms with van der Waals surface area (Å²) < 4.78 is 87.7. The Morgan fingerprint density at radius 2 is 1.62 bits per heavy atom. The second kappa shape index (κ2) is 8.92. The quantitative estimate of drug-likeness (QED) is 0.367. The molecule has 1 aromatic heterocycles. The predicted molar refractivity (Wildman–Crippen MR) is 107 cm³/mol. The molecule has 1 heterocycles. The lowest BCUT2D eigenvalue weighted by Crippen LogP contribution is -2.35. The molecule has 6 nitrogen and oxygen atoms in total. The van der Waals surface area contributed by atoms with E-state index in [1.54, 1.807) is 6.20 Å². The van der Waals surface area contributed by atoms with Crippen molar-refractivity contribution in [2.75, 3.05) is 11.9 Å². The molecule has 0 aliphatic rings. The molecule has 2 N–H and O–H groups in total. The van der Waals surface area contributed by atoms with E-state index in [0.717, 1.165) is 5.56 Å². The van der Waals surface area contributed by atoms with Crippen molar-refractivity contribution < 1.29 is 45.8 Å². The zero-order valence-corrected chi connectivity index (χ0v) is 17.6. The van der Waals surface area contributed by atoms with Crippen LogP contribution in [-0.4, -0.2) is 23.3 Å². The third-order valence-corrected chi connectivity index (χ3v) is 4.91. The highest BCUT2D eigenvalue weighted by molar-refractivity contribution is 6.33. The van der Waals surface area contributed by atoms with Crippen LogP contribution in [-0.2, 0) is 21.9 Å². The van der Waals surface area contributed by atoms with Gasteiger partial charge < -0.3 is 24.9 Å². The van der Waals surface area contributed by atoms with Crippen molar-refractivity contribution in [2.45, 2.75) is 32.1 Å². The monoisotopic (exact) mass is 487 g/mol. The molecule has 12 heteroatoms. The molecular formula is C22H17F6N2O4-. The number of carboxylic acids is 1. The van der Waals surface area contributed by atoms with Crippen LogP contribution in [0.1, 0.15) is 36.5 Å². The average Bonchev–Trinajstić information content (AvgIpc) is 3.14. The molecule has 0 unspecified atom stereocenters. The van der Waals surface area contributed by atoms with Crippen LogP contribution in [0.5, 0.6) is 11.5 Å². The van der Waals surface area contributed by atoms with Crippen LogP contribution in [0.2, 0.25) is 0 Å². The Kier molecular flexibility index (Phi) is 6.54. The van der Waals surface area contributed by atoms with Crippen molar-refractivity contribution in [2.24, 2.45) is 0 Å². The minimum atomic E-state index is -5.27. The molecule has 3 rings (SSSR count). The Morgan fingerprint density at radius 3 is 2.12 bits per heavy atom. The van der Waals surface area contributed by atoms with Gasteiger partial charge in [0, 0.05) is 22.8 Å². The third-order valence-electron chi connectivity index (χ3n) is 4.91. The number of carbonyl (C=O) groups is 2. The summed E-state index contributed by atoms with van der Waals surface area (Å²) in [7, 11) is 0. The number of H-pyrrole nitrogens is 1. The van der Waals surface area contributed by atoms with Crippen molar-refractivity contribution in [3.05, 3.63) is 53.2 Å². The average molecular weight is 487 g/mol. The number of Topliss-reactive ketones (excluding diaryl/α,β-unsaturated/α-hetero) is 1. The molecule has 2 aromatic carbocycles. The number of ether oxygens (including phenoxy) is 1. The summed E-state index contributed by atoms with van der Waals surface area (Å²) in [5.41, 5.74) is -2.87. The van der Waals surface area contributed by atoms with Crippen LogP contribution in [0.15, 0.2) is 36.5 Å². The molecule has 0 aliphatic heterocycles. The van der Waals surface area contributed by atoms with Crippen molar-refractivity contribution in [3.8, 4) is 11.5 Å². The molecule has 0 saturated heterocycles. The van der Waals surface area contributed by atoms with Crippen LogP contribution in [0.25, 0.3) is 10.9 Å². The van der Waals surface area contributed by atoms with Crippen LogP contribution in [0, 0.1) is 0 Å². The maximum atomic E-state index is 13.7. The number of hydrogen-bond donors (Lipinski definition) is 2. The van der Waals surface area contributed by atoms with Crippen LogP contribution in [0.4, 0.5) is 32.0 Å². The summed E-state index contributed by atoms with van der Waals surface area (Å²) in [5, 5.41) is 13.0. The van der Waals surface area contributed by atoms with E-state index < -0.39 is 53.2 Å². The fourth-order valence-electron chi connectivity index (χ4n) is 3.30. The van der Waals surface area contributed by atoms with E-state index in [1.165, 1.54) is 18.2 Å². The van der Waals surface area contributed by atoms with Gasteiger partial charge in [-0.25, -0.2) is 0 Å². The molecule has 3 aromatic rings. The lowest BCUT2D eigenvalue weighted by Gasteiger charge is -2.21. The fraction of sp³-hybridized carbons (Fsp3) is 0.273. The minimum absolute atomic E-state index is 0.0227. The molecular weight excluding hydrogens is 470 g/mol. The Morgan fingerprint density at radius 1 is 1.03 bits per heavy atom. The van der Waals surface area contributed by atoms with E-state index in [0.29, 0.717) is 23.0 Å². The van der Waals surface area contributed by atoms with Gasteiger partial charge in [-0.1, -0.05) is 13.8 Å². The Balaban J connectivity index is 2.13. The summed E-state index contributed by atoms with van der Waals surface area (Å²) in [6, 6.07) is 4.65. The van der Waals surface area contributed by atoms with Gasteiger partial charge in [0.25, 0.3) is 0 Å². The van der Waals surface area contributed by atoms with Gasteiger partial charge >= 0.3 is 12.4 Å². The molecule has 182 valence electrons. The molecule has 0 aliphatic carbocycles. The Labute approximate surface area is 188 Å². The Hall–Kier alpha value is -3.70. The molecule has 0 amide bonds. The number of aromatic nitrogens is 1. The highest BCUT2D eigenvalue weighted by Crippen LogP contribution is 2.47. The number of fused-ring (bicyclic) bond motifs is 1. The van der Waals surface area contributed by atoms with E-state index in [1.807, 2.05) is 19.2 Å². The number of ketones is 1. The lowest BCUT2D eigenvalue weighted by atomic mass is 10.0. The van der Waals surface area contributed by atoms with Crippen molar-refractivity contribution in [1.29, 1.82) is 0 Å². The van der Waals surface area contributed by atoms with Crippen LogP contribution >= 0.6 is 0 Å². The highest BCUT2D eigenvalue weighted by Gasteiger charge is 2.43. The minimum Gasteiger partial charge on any atom is -0.542 e. The number of alkyl halides is 6. The second-order valence-electron chi connectivity index (χ2n) is 7.67. The topological polar surface area (TPSA) is 94.2 Å². The van der Waals surface area contributed by atoms with Crippen LogP contribution < -0.4 is 15.2 Å². The molecule has 0 spiro atoms. The largest absolute Gasteiger partial charge is 0.542 e. The number of aliphatic carboxylic acids is 1. The van der Waals surface area contributed by atoms with Gasteiger partial charge in [0.2, 0.25) is 0 Å². The maximum Gasteiger partial charge on any atom is 0.420 e. The first kappa shape index (κ1) is 24.9. The van der Waals surface area contributed by atoms with Gasteiger partial charge in [-0.3, -0.25) is 4.79 Å². The normalized spacial score (nSPS) is 12.3. The summed E-state index contributed by atoms with van der Waals surface area (Å²) in [6.45, 7) is 2.67. The second-order valence-corrected chi connectivity index (χ2v) is 7.67. The standard InChI is InChI=1S/C22H18F6N2O4/c1-10(2)14-8-30-17-4-3-12(7-13(14)17)34-19-15(21(23,24)25)5-11(6-16(19)22(26,27)28)29-9-18(31)20(32)33/h3-8,10,29-30H,9H2,1-2H3,(H,32,33)/p-1. The first-order chi connectivity index (χ1) is 15.7. The number of benzene rings is 2. The smallest absolute Gasteiger partial charge is 0.420 e. The van der Waals surface area contributed by atoms with E-state index in [2.05, 4.69) is 4.98 Å². The number of carboxylic acid groups (broad SMARTS) is 1. The van der Waals surface area contributed by atoms with Crippen molar-refractivity contribution in [1.82, 2.24) is 4.98 Å². The molecule has 0 atom stereocenters. The number of nitrogens with one attached hydrogen (secondary N) is 2. The molecule has 0 fully saturated rings. The number of rotatable bonds is 7. The molecule has 0 bridgehead atoms. The number of anilines is 1. The molecule has 34 heavy (non-hydrogen) atoms. The molecule has 0 radical (unpaired) electrons. The first-order valence-corrected chi connectivity index (χ1v) is 9.78. The van der Waals surface area contributed by atoms with Gasteiger partial charge in [-0.05, 0) is 41.8 Å². The maximum absolute atomic E-state index is 13.7. The first-order valence-electron chi connectivity index (χ1n) is 9.78. The summed E-state index contributed by atoms with van der Waals surface area (Å²) in [6.07, 6.45) is -8.85. The SMILES string of the molecule is CC(C)c1c[nH]c2ccc(Oc3c(C(F)(F)F)cc(NCC(=O)C(=O)[O-])cc3C(F)(F)F)cc12. The summed E-state index contributed by atoms with van der Waals surface area (Å²) >= 11 is 0. The lowest BCUT2D eigenvalue weighted by molar-refractivity contribution is -0.299. The van der Waals surface area contributed by atoms with Gasteiger partial charge in [0.05, 0.1) is 6.54 Å². The van der Waals surface area contributed by atoms with Crippen molar-refractivity contribution >= 4 is 28.3 Å². The Bertz CT molecular complexity index is 1210. The predicted octanol–water partition coefficient (Wildman–Crippen LogP) is 4.85. The third kappa shape index (κ3) is 5.26. The number of carbonyl (C=O) groups excluding carboxylic acids is 2.